The van der Waals surface area contributed by atoms with E-state index in [2.05, 4.69) is 57.4 Å². The van der Waals surface area contributed by atoms with E-state index in [-0.39, 0.29) is 24.0 Å². The highest BCUT2D eigenvalue weighted by molar-refractivity contribution is 5.41. The predicted molar refractivity (Wildman–Crippen MR) is 81.6 cm³/mol. The lowest BCUT2D eigenvalue weighted by atomic mass is 10.2. The van der Waals surface area contributed by atoms with Gasteiger partial charge in [-0.3, -0.25) is 4.48 Å². The van der Waals surface area contributed by atoms with E-state index in [9.17, 15) is 0 Å². The SMILES string of the molecule is Cc1cccc(OCC[N+](C)(C)c2ccccc2)c1.[I-]. The van der Waals surface area contributed by atoms with Crippen molar-refractivity contribution >= 4 is 5.69 Å². The predicted octanol–water partition coefficient (Wildman–Crippen LogP) is 0.645. The molecule has 0 heterocycles. The lowest BCUT2D eigenvalue weighted by molar-refractivity contribution is -0.00000477. The molecule has 0 aliphatic rings. The van der Waals surface area contributed by atoms with Crippen LogP contribution in [-0.4, -0.2) is 27.2 Å². The summed E-state index contributed by atoms with van der Waals surface area (Å²) in [6.07, 6.45) is 0. The van der Waals surface area contributed by atoms with Crippen molar-refractivity contribution in [3.05, 3.63) is 60.2 Å². The van der Waals surface area contributed by atoms with Crippen LogP contribution in [0.25, 0.3) is 0 Å². The minimum atomic E-state index is 0. The maximum absolute atomic E-state index is 5.83. The first-order valence-corrected chi connectivity index (χ1v) is 6.66. The molecule has 0 aliphatic heterocycles. The summed E-state index contributed by atoms with van der Waals surface area (Å²) in [5, 5.41) is 0. The summed E-state index contributed by atoms with van der Waals surface area (Å²) in [6, 6.07) is 18.7. The van der Waals surface area contributed by atoms with Gasteiger partial charge in [0.2, 0.25) is 0 Å². The number of hydrogen-bond acceptors (Lipinski definition) is 1. The first-order chi connectivity index (χ1) is 9.08. The molecule has 20 heavy (non-hydrogen) atoms. The lowest BCUT2D eigenvalue weighted by Gasteiger charge is -2.29. The number of benzene rings is 2. The van der Waals surface area contributed by atoms with Crippen LogP contribution in [0.1, 0.15) is 5.56 Å². The summed E-state index contributed by atoms with van der Waals surface area (Å²) in [5.74, 6) is 0.952. The normalized spacial score (nSPS) is 10.8. The highest BCUT2D eigenvalue weighted by atomic mass is 127. The molecule has 0 fully saturated rings. The average Bonchev–Trinajstić information content (AvgIpc) is 2.40. The van der Waals surface area contributed by atoms with Crippen molar-refractivity contribution in [1.82, 2.24) is 4.48 Å². The Hall–Kier alpha value is -1.07. The molecule has 0 bridgehead atoms. The Kier molecular flexibility index (Phi) is 6.49. The Labute approximate surface area is 139 Å². The molecular formula is C17H22INO. The van der Waals surface area contributed by atoms with Crippen LogP contribution in [-0.2, 0) is 0 Å². The van der Waals surface area contributed by atoms with Gasteiger partial charge in [0, 0.05) is 0 Å². The summed E-state index contributed by atoms with van der Waals surface area (Å²) in [7, 11) is 4.41. The fourth-order valence-electron chi connectivity index (χ4n) is 2.06. The Bertz CT molecular complexity index is 526. The van der Waals surface area contributed by atoms with Gasteiger partial charge < -0.3 is 28.7 Å². The summed E-state index contributed by atoms with van der Waals surface area (Å²) < 4.78 is 6.65. The number of halogens is 1. The molecule has 0 atom stereocenters. The molecular weight excluding hydrogens is 361 g/mol. The van der Waals surface area contributed by atoms with Gasteiger partial charge in [0.15, 0.2) is 0 Å². The minimum absolute atomic E-state index is 0. The molecule has 0 aliphatic carbocycles. The van der Waals surface area contributed by atoms with E-state index in [4.69, 9.17) is 4.74 Å². The maximum Gasteiger partial charge on any atom is 0.137 e. The molecule has 0 saturated carbocycles. The van der Waals surface area contributed by atoms with Crippen LogP contribution >= 0.6 is 0 Å². The van der Waals surface area contributed by atoms with E-state index in [0.717, 1.165) is 16.8 Å². The van der Waals surface area contributed by atoms with Gasteiger partial charge in [-0.05, 0) is 36.8 Å². The topological polar surface area (TPSA) is 9.23 Å². The quantitative estimate of drug-likeness (QED) is 0.544. The van der Waals surface area contributed by atoms with Gasteiger partial charge in [0.05, 0.1) is 14.1 Å². The average molecular weight is 383 g/mol. The second-order valence-electron chi connectivity index (χ2n) is 5.41. The largest absolute Gasteiger partial charge is 1.00 e. The number of quaternary nitrogens is 1. The number of para-hydroxylation sites is 1. The molecule has 0 saturated heterocycles. The number of aryl methyl sites for hydroxylation is 1. The van der Waals surface area contributed by atoms with E-state index in [1.165, 1.54) is 11.3 Å². The van der Waals surface area contributed by atoms with Crippen LogP contribution in [0.5, 0.6) is 5.75 Å². The standard InChI is InChI=1S/C17H22NO.HI/c1-15-8-7-11-17(14-15)19-13-12-18(2,3)16-9-5-4-6-10-16;/h4-11,14H,12-13H2,1-3H3;1H/q+1;/p-1. The number of nitrogens with zero attached hydrogens (tertiary/aromatic N) is 1. The molecule has 0 N–H and O–H groups in total. The molecule has 0 radical (unpaired) electrons. The molecule has 108 valence electrons. The number of hydrogen-bond donors (Lipinski definition) is 0. The van der Waals surface area contributed by atoms with Crippen molar-refractivity contribution in [3.63, 3.8) is 0 Å². The summed E-state index contributed by atoms with van der Waals surface area (Å²) in [5.41, 5.74) is 2.53. The van der Waals surface area contributed by atoms with Gasteiger partial charge in [-0.1, -0.05) is 30.3 Å². The Morgan fingerprint density at radius 2 is 1.65 bits per heavy atom. The monoisotopic (exact) mass is 383 g/mol. The van der Waals surface area contributed by atoms with Gasteiger partial charge >= 0.3 is 0 Å². The van der Waals surface area contributed by atoms with E-state index in [1.54, 1.807) is 0 Å². The number of likely N-dealkylation sites (N-methyl/N-ethyl adjacent to an activating group) is 1. The fraction of sp³-hybridized carbons (Fsp3) is 0.294. The number of rotatable bonds is 5. The van der Waals surface area contributed by atoms with Crippen LogP contribution < -0.4 is 33.2 Å². The van der Waals surface area contributed by atoms with E-state index in [0.29, 0.717) is 6.61 Å². The van der Waals surface area contributed by atoms with Gasteiger partial charge in [-0.2, -0.15) is 0 Å². The van der Waals surface area contributed by atoms with Crippen molar-refractivity contribution in [2.75, 3.05) is 27.2 Å². The zero-order chi connectivity index (χ0) is 13.7. The lowest BCUT2D eigenvalue weighted by Crippen LogP contribution is -3.00. The highest BCUT2D eigenvalue weighted by Crippen LogP contribution is 2.18. The first-order valence-electron chi connectivity index (χ1n) is 6.66. The summed E-state index contributed by atoms with van der Waals surface area (Å²) >= 11 is 0. The third-order valence-corrected chi connectivity index (χ3v) is 3.36. The van der Waals surface area contributed by atoms with Gasteiger partial charge in [0.1, 0.15) is 24.6 Å². The molecule has 2 aromatic rings. The third kappa shape index (κ3) is 4.80. The van der Waals surface area contributed by atoms with Gasteiger partial charge in [-0.25, -0.2) is 0 Å². The van der Waals surface area contributed by atoms with Crippen LogP contribution in [0, 0.1) is 6.92 Å². The molecule has 2 aromatic carbocycles. The van der Waals surface area contributed by atoms with Crippen molar-refractivity contribution < 1.29 is 28.7 Å². The zero-order valence-corrected chi connectivity index (χ0v) is 14.5. The van der Waals surface area contributed by atoms with E-state index in [1.807, 2.05) is 18.2 Å². The van der Waals surface area contributed by atoms with Crippen LogP contribution in [0.2, 0.25) is 0 Å². The maximum atomic E-state index is 5.83. The molecule has 0 unspecified atom stereocenters. The molecule has 0 aromatic heterocycles. The van der Waals surface area contributed by atoms with Crippen molar-refractivity contribution in [2.45, 2.75) is 6.92 Å². The number of ether oxygens (including phenoxy) is 1. The fourth-order valence-corrected chi connectivity index (χ4v) is 2.06. The van der Waals surface area contributed by atoms with Gasteiger partial charge in [0.25, 0.3) is 0 Å². The Morgan fingerprint density at radius 1 is 0.950 bits per heavy atom. The first kappa shape index (κ1) is 17.0. The minimum Gasteiger partial charge on any atom is -1.00 e. The van der Waals surface area contributed by atoms with Gasteiger partial charge in [-0.15, -0.1) is 0 Å². The summed E-state index contributed by atoms with van der Waals surface area (Å²) in [6.45, 7) is 3.74. The second kappa shape index (κ2) is 7.64. The zero-order valence-electron chi connectivity index (χ0n) is 12.3. The summed E-state index contributed by atoms with van der Waals surface area (Å²) in [4.78, 5) is 0. The highest BCUT2D eigenvalue weighted by Gasteiger charge is 2.18. The smallest absolute Gasteiger partial charge is 0.137 e. The van der Waals surface area contributed by atoms with Crippen molar-refractivity contribution in [2.24, 2.45) is 0 Å². The second-order valence-corrected chi connectivity index (χ2v) is 5.41. The van der Waals surface area contributed by atoms with Crippen molar-refractivity contribution in [3.8, 4) is 5.75 Å². The molecule has 2 rings (SSSR count). The molecule has 0 amide bonds. The molecule has 3 heteroatoms. The molecule has 0 spiro atoms. The van der Waals surface area contributed by atoms with Crippen LogP contribution in [0.4, 0.5) is 5.69 Å². The van der Waals surface area contributed by atoms with Crippen molar-refractivity contribution in [1.29, 1.82) is 0 Å². The van der Waals surface area contributed by atoms with E-state index >= 15 is 0 Å². The van der Waals surface area contributed by atoms with E-state index < -0.39 is 0 Å². The molecule has 2 nitrogen and oxygen atoms in total. The Balaban J connectivity index is 0.00000200. The third-order valence-electron chi connectivity index (χ3n) is 3.36. The van der Waals surface area contributed by atoms with Crippen LogP contribution in [0.3, 0.4) is 0 Å². The Morgan fingerprint density at radius 3 is 2.30 bits per heavy atom. The van der Waals surface area contributed by atoms with Crippen LogP contribution in [0.15, 0.2) is 54.6 Å².